The third-order valence-electron chi connectivity index (χ3n) is 3.30. The smallest absolute Gasteiger partial charge is 0.244 e. The summed E-state index contributed by atoms with van der Waals surface area (Å²) in [5, 5.41) is 3.98. The van der Waals surface area contributed by atoms with E-state index in [1.165, 1.54) is 0 Å². The van der Waals surface area contributed by atoms with Crippen molar-refractivity contribution < 1.29 is 4.79 Å². The molecule has 19 heavy (non-hydrogen) atoms. The molecule has 1 aromatic heterocycles. The number of hydrogen-bond donors (Lipinski definition) is 3. The van der Waals surface area contributed by atoms with Crippen molar-refractivity contribution in [3.8, 4) is 0 Å². The fourth-order valence-corrected chi connectivity index (χ4v) is 2.26. The molecule has 1 atom stereocenters. The number of carbonyl (C=O) groups excluding carboxylic acids is 1. The standard InChI is InChI=1S/C15H21N3O/c1-4-7-15(3,16)14(19)18-12-5-6-13-11(9-12)8-10(2)17-13/h5-6,8-9,17H,4,7,16H2,1-3H3,(H,18,19). The van der Waals surface area contributed by atoms with Crippen LogP contribution in [0.5, 0.6) is 0 Å². The van der Waals surface area contributed by atoms with Crippen LogP contribution in [-0.2, 0) is 4.79 Å². The van der Waals surface area contributed by atoms with E-state index >= 15 is 0 Å². The highest BCUT2D eigenvalue weighted by molar-refractivity contribution is 5.99. The summed E-state index contributed by atoms with van der Waals surface area (Å²) in [5.41, 5.74) is 8.15. The number of fused-ring (bicyclic) bond motifs is 1. The van der Waals surface area contributed by atoms with Crippen molar-refractivity contribution in [1.29, 1.82) is 0 Å². The fourth-order valence-electron chi connectivity index (χ4n) is 2.26. The van der Waals surface area contributed by atoms with Gasteiger partial charge in [0.15, 0.2) is 0 Å². The Morgan fingerprint density at radius 3 is 2.84 bits per heavy atom. The number of hydrogen-bond acceptors (Lipinski definition) is 2. The maximum atomic E-state index is 12.1. The molecule has 1 aromatic carbocycles. The number of anilines is 1. The van der Waals surface area contributed by atoms with E-state index in [9.17, 15) is 4.79 Å². The van der Waals surface area contributed by atoms with Gasteiger partial charge in [-0.25, -0.2) is 0 Å². The molecule has 4 heteroatoms. The number of benzene rings is 1. The minimum absolute atomic E-state index is 0.138. The van der Waals surface area contributed by atoms with Crippen LogP contribution >= 0.6 is 0 Å². The molecule has 0 saturated carbocycles. The van der Waals surface area contributed by atoms with Crippen molar-refractivity contribution in [3.63, 3.8) is 0 Å². The fraction of sp³-hybridized carbons (Fsp3) is 0.400. The number of nitrogens with two attached hydrogens (primary N) is 1. The Balaban J connectivity index is 2.19. The Hall–Kier alpha value is -1.81. The van der Waals surface area contributed by atoms with Gasteiger partial charge in [0.05, 0.1) is 5.54 Å². The summed E-state index contributed by atoms with van der Waals surface area (Å²) in [5.74, 6) is -0.138. The van der Waals surface area contributed by atoms with Gasteiger partial charge in [0.1, 0.15) is 0 Å². The van der Waals surface area contributed by atoms with Crippen molar-refractivity contribution in [2.75, 3.05) is 5.32 Å². The summed E-state index contributed by atoms with van der Waals surface area (Å²) >= 11 is 0. The zero-order chi connectivity index (χ0) is 14.0. The van der Waals surface area contributed by atoms with Crippen LogP contribution in [0.15, 0.2) is 24.3 Å². The average Bonchev–Trinajstić information content (AvgIpc) is 2.68. The Morgan fingerprint density at radius 2 is 2.16 bits per heavy atom. The number of carbonyl (C=O) groups is 1. The van der Waals surface area contributed by atoms with Crippen LogP contribution in [0.3, 0.4) is 0 Å². The lowest BCUT2D eigenvalue weighted by atomic mass is 9.96. The molecule has 1 unspecified atom stereocenters. The summed E-state index contributed by atoms with van der Waals surface area (Å²) in [4.78, 5) is 15.4. The molecule has 4 N–H and O–H groups in total. The predicted octanol–water partition coefficient (Wildman–Crippen LogP) is 2.93. The van der Waals surface area contributed by atoms with Crippen LogP contribution in [-0.4, -0.2) is 16.4 Å². The molecule has 0 radical (unpaired) electrons. The minimum atomic E-state index is -0.822. The Kier molecular flexibility index (Phi) is 3.62. The van der Waals surface area contributed by atoms with Crippen LogP contribution in [0.25, 0.3) is 10.9 Å². The summed E-state index contributed by atoms with van der Waals surface area (Å²) < 4.78 is 0. The Labute approximate surface area is 113 Å². The third-order valence-corrected chi connectivity index (χ3v) is 3.30. The monoisotopic (exact) mass is 259 g/mol. The molecule has 2 aromatic rings. The molecule has 102 valence electrons. The summed E-state index contributed by atoms with van der Waals surface area (Å²) in [6.45, 7) is 5.80. The molecule has 0 aliphatic heterocycles. The molecule has 1 amide bonds. The second-order valence-corrected chi connectivity index (χ2v) is 5.38. The number of aromatic nitrogens is 1. The van der Waals surface area contributed by atoms with Crippen molar-refractivity contribution in [3.05, 3.63) is 30.0 Å². The Bertz CT molecular complexity index is 598. The largest absolute Gasteiger partial charge is 0.359 e. The van der Waals surface area contributed by atoms with Gasteiger partial charge in [-0.05, 0) is 44.5 Å². The van der Waals surface area contributed by atoms with Crippen LogP contribution in [0.2, 0.25) is 0 Å². The SMILES string of the molecule is CCCC(C)(N)C(=O)Nc1ccc2[nH]c(C)cc2c1. The highest BCUT2D eigenvalue weighted by atomic mass is 16.2. The van der Waals surface area contributed by atoms with Gasteiger partial charge >= 0.3 is 0 Å². The van der Waals surface area contributed by atoms with E-state index in [2.05, 4.69) is 16.4 Å². The number of H-pyrrole nitrogens is 1. The predicted molar refractivity (Wildman–Crippen MR) is 79.2 cm³/mol. The van der Waals surface area contributed by atoms with Gasteiger partial charge in [-0.2, -0.15) is 0 Å². The lowest BCUT2D eigenvalue weighted by Crippen LogP contribution is -2.48. The van der Waals surface area contributed by atoms with E-state index in [4.69, 9.17) is 5.73 Å². The topological polar surface area (TPSA) is 70.9 Å². The number of aryl methyl sites for hydroxylation is 1. The van der Waals surface area contributed by atoms with Gasteiger partial charge in [-0.3, -0.25) is 4.79 Å². The first-order valence-electron chi connectivity index (χ1n) is 6.62. The average molecular weight is 259 g/mol. The Morgan fingerprint density at radius 1 is 1.42 bits per heavy atom. The lowest BCUT2D eigenvalue weighted by molar-refractivity contribution is -0.120. The highest BCUT2D eigenvalue weighted by Gasteiger charge is 2.27. The summed E-state index contributed by atoms with van der Waals surface area (Å²) in [7, 11) is 0. The molecule has 1 heterocycles. The van der Waals surface area contributed by atoms with E-state index in [-0.39, 0.29) is 5.91 Å². The second-order valence-electron chi connectivity index (χ2n) is 5.38. The van der Waals surface area contributed by atoms with Crippen molar-refractivity contribution in [2.24, 2.45) is 5.73 Å². The molecule has 4 nitrogen and oxygen atoms in total. The highest BCUT2D eigenvalue weighted by Crippen LogP contribution is 2.21. The summed E-state index contributed by atoms with van der Waals surface area (Å²) in [6.07, 6.45) is 1.56. The van der Waals surface area contributed by atoms with Gasteiger partial charge in [0.2, 0.25) is 5.91 Å². The normalized spacial score (nSPS) is 14.3. The first kappa shape index (κ1) is 13.6. The number of rotatable bonds is 4. The molecule has 0 aliphatic rings. The summed E-state index contributed by atoms with van der Waals surface area (Å²) in [6, 6.07) is 7.86. The molecule has 0 spiro atoms. The first-order valence-corrected chi connectivity index (χ1v) is 6.62. The van der Waals surface area contributed by atoms with Crippen molar-refractivity contribution in [2.45, 2.75) is 39.2 Å². The van der Waals surface area contributed by atoms with Crippen LogP contribution in [0.1, 0.15) is 32.4 Å². The second kappa shape index (κ2) is 5.05. The number of amides is 1. The van der Waals surface area contributed by atoms with Gasteiger partial charge in [0.25, 0.3) is 0 Å². The molecular weight excluding hydrogens is 238 g/mol. The van der Waals surface area contributed by atoms with E-state index in [1.807, 2.05) is 32.0 Å². The van der Waals surface area contributed by atoms with E-state index < -0.39 is 5.54 Å². The van der Waals surface area contributed by atoms with E-state index in [1.54, 1.807) is 6.92 Å². The number of nitrogens with one attached hydrogen (secondary N) is 2. The lowest BCUT2D eigenvalue weighted by Gasteiger charge is -2.22. The van der Waals surface area contributed by atoms with Crippen LogP contribution in [0.4, 0.5) is 5.69 Å². The van der Waals surface area contributed by atoms with Crippen LogP contribution < -0.4 is 11.1 Å². The maximum absolute atomic E-state index is 12.1. The third kappa shape index (κ3) is 2.96. The molecular formula is C15H21N3O. The minimum Gasteiger partial charge on any atom is -0.359 e. The van der Waals surface area contributed by atoms with Gasteiger partial charge < -0.3 is 16.0 Å². The zero-order valence-electron chi connectivity index (χ0n) is 11.7. The first-order chi connectivity index (χ1) is 8.92. The molecule has 0 bridgehead atoms. The van der Waals surface area contributed by atoms with Gasteiger partial charge in [-0.15, -0.1) is 0 Å². The molecule has 0 saturated heterocycles. The van der Waals surface area contributed by atoms with E-state index in [0.717, 1.165) is 28.7 Å². The van der Waals surface area contributed by atoms with Gasteiger partial charge in [0, 0.05) is 22.3 Å². The van der Waals surface area contributed by atoms with E-state index in [0.29, 0.717) is 6.42 Å². The zero-order valence-corrected chi connectivity index (χ0v) is 11.7. The molecule has 0 aliphatic carbocycles. The van der Waals surface area contributed by atoms with Crippen molar-refractivity contribution in [1.82, 2.24) is 4.98 Å². The quantitative estimate of drug-likeness (QED) is 0.790. The van der Waals surface area contributed by atoms with Crippen LogP contribution in [0, 0.1) is 6.92 Å². The number of aromatic amines is 1. The molecule has 0 fully saturated rings. The molecule has 2 rings (SSSR count). The van der Waals surface area contributed by atoms with Crippen molar-refractivity contribution >= 4 is 22.5 Å². The van der Waals surface area contributed by atoms with Gasteiger partial charge in [-0.1, -0.05) is 13.3 Å². The maximum Gasteiger partial charge on any atom is 0.244 e.